The van der Waals surface area contributed by atoms with Crippen molar-refractivity contribution >= 4 is 17.2 Å². The number of methoxy groups -OCH3 is 1. The second kappa shape index (κ2) is 11.0. The second-order valence-corrected chi connectivity index (χ2v) is 8.37. The molecular formula is C24H27FN2O3S. The van der Waals surface area contributed by atoms with Gasteiger partial charge < -0.3 is 14.4 Å². The number of halogens is 1. The Kier molecular flexibility index (Phi) is 8.14. The third-order valence-electron chi connectivity index (χ3n) is 4.66. The highest BCUT2D eigenvalue weighted by molar-refractivity contribution is 7.09. The molecule has 5 nitrogen and oxygen atoms in total. The lowest BCUT2D eigenvalue weighted by Gasteiger charge is -2.22. The molecule has 1 aromatic heterocycles. The number of hydrogen-bond donors (Lipinski definition) is 0. The van der Waals surface area contributed by atoms with Crippen molar-refractivity contribution in [3.63, 3.8) is 0 Å². The molecular weight excluding hydrogens is 415 g/mol. The van der Waals surface area contributed by atoms with E-state index in [4.69, 9.17) is 9.47 Å². The van der Waals surface area contributed by atoms with Crippen LogP contribution in [0, 0.1) is 19.7 Å². The highest BCUT2D eigenvalue weighted by Gasteiger charge is 2.17. The summed E-state index contributed by atoms with van der Waals surface area (Å²) >= 11 is 1.51. The van der Waals surface area contributed by atoms with Gasteiger partial charge >= 0.3 is 0 Å². The Morgan fingerprint density at radius 1 is 1.13 bits per heavy atom. The molecule has 31 heavy (non-hydrogen) atoms. The first-order chi connectivity index (χ1) is 14.9. The molecule has 0 aliphatic carbocycles. The standard InChI is InChI=1S/C24H27FN2O3S/c1-17-11-18(2)13-22(12-17)30-15-23-26-21(16-31-23)14-27(9-4-10-29-3)24(28)19-5-7-20(25)8-6-19/h5-8,11-13,16H,4,9-10,14-15H2,1-3H3. The molecule has 164 valence electrons. The van der Waals surface area contributed by atoms with E-state index in [1.807, 2.05) is 31.4 Å². The number of amides is 1. The lowest BCUT2D eigenvalue weighted by molar-refractivity contribution is 0.0721. The minimum Gasteiger partial charge on any atom is -0.486 e. The fourth-order valence-electron chi connectivity index (χ4n) is 3.27. The average molecular weight is 443 g/mol. The van der Waals surface area contributed by atoms with Gasteiger partial charge in [0.2, 0.25) is 0 Å². The molecule has 1 amide bonds. The predicted octanol–water partition coefficient (Wildman–Crippen LogP) is 5.16. The van der Waals surface area contributed by atoms with E-state index in [1.54, 1.807) is 12.0 Å². The number of nitrogens with zero attached hydrogens (tertiary/aromatic N) is 2. The number of carbonyl (C=O) groups excluding carboxylic acids is 1. The largest absolute Gasteiger partial charge is 0.486 e. The summed E-state index contributed by atoms with van der Waals surface area (Å²) < 4.78 is 24.2. The molecule has 1 heterocycles. The zero-order chi connectivity index (χ0) is 22.2. The number of carbonyl (C=O) groups is 1. The van der Waals surface area contributed by atoms with Gasteiger partial charge in [-0.2, -0.15) is 0 Å². The number of thiazole rings is 1. The van der Waals surface area contributed by atoms with Crippen LogP contribution in [0.15, 0.2) is 47.8 Å². The molecule has 0 aliphatic heterocycles. The van der Waals surface area contributed by atoms with E-state index in [2.05, 4.69) is 11.1 Å². The first-order valence-corrected chi connectivity index (χ1v) is 11.0. The Morgan fingerprint density at radius 2 is 1.84 bits per heavy atom. The predicted molar refractivity (Wildman–Crippen MR) is 120 cm³/mol. The summed E-state index contributed by atoms with van der Waals surface area (Å²) in [6.07, 6.45) is 0.705. The molecule has 0 aliphatic rings. The van der Waals surface area contributed by atoms with Crippen LogP contribution in [0.1, 0.15) is 38.6 Å². The van der Waals surface area contributed by atoms with Crippen molar-refractivity contribution in [3.05, 3.63) is 81.1 Å². The molecule has 3 rings (SSSR count). The van der Waals surface area contributed by atoms with Crippen molar-refractivity contribution in [2.24, 2.45) is 0 Å². The van der Waals surface area contributed by atoms with Crippen LogP contribution in [0.2, 0.25) is 0 Å². The molecule has 7 heteroatoms. The maximum Gasteiger partial charge on any atom is 0.254 e. The van der Waals surface area contributed by atoms with E-state index in [9.17, 15) is 9.18 Å². The van der Waals surface area contributed by atoms with E-state index in [0.717, 1.165) is 27.6 Å². The Labute approximate surface area is 186 Å². The van der Waals surface area contributed by atoms with Gasteiger partial charge in [0.1, 0.15) is 23.2 Å². The average Bonchev–Trinajstić information content (AvgIpc) is 3.18. The molecule has 0 fully saturated rings. The summed E-state index contributed by atoms with van der Waals surface area (Å²) in [5.74, 6) is 0.300. The van der Waals surface area contributed by atoms with Crippen molar-refractivity contribution in [2.75, 3.05) is 20.3 Å². The van der Waals surface area contributed by atoms with Crippen LogP contribution in [0.4, 0.5) is 4.39 Å². The maximum atomic E-state index is 13.2. The van der Waals surface area contributed by atoms with Gasteiger partial charge in [-0.05, 0) is 67.8 Å². The molecule has 0 bridgehead atoms. The molecule has 0 radical (unpaired) electrons. The number of benzene rings is 2. The van der Waals surface area contributed by atoms with Gasteiger partial charge in [-0.15, -0.1) is 11.3 Å². The molecule has 2 aromatic carbocycles. The molecule has 3 aromatic rings. The first kappa shape index (κ1) is 22.9. The first-order valence-electron chi connectivity index (χ1n) is 10.1. The van der Waals surface area contributed by atoms with Gasteiger partial charge in [0.05, 0.1) is 12.2 Å². The van der Waals surface area contributed by atoms with Gasteiger partial charge in [0.25, 0.3) is 5.91 Å². The fraction of sp³-hybridized carbons (Fsp3) is 0.333. The molecule has 0 spiro atoms. The molecule has 0 saturated carbocycles. The normalized spacial score (nSPS) is 10.8. The highest BCUT2D eigenvalue weighted by Crippen LogP contribution is 2.20. The van der Waals surface area contributed by atoms with Gasteiger partial charge in [-0.3, -0.25) is 4.79 Å². The topological polar surface area (TPSA) is 51.7 Å². The Bertz CT molecular complexity index is 984. The van der Waals surface area contributed by atoms with E-state index in [0.29, 0.717) is 38.3 Å². The summed E-state index contributed by atoms with van der Waals surface area (Å²) in [5.41, 5.74) is 3.56. The lowest BCUT2D eigenvalue weighted by Crippen LogP contribution is -2.32. The lowest BCUT2D eigenvalue weighted by atomic mass is 10.1. The number of ether oxygens (including phenoxy) is 2. The third-order valence-corrected chi connectivity index (χ3v) is 5.54. The fourth-order valence-corrected chi connectivity index (χ4v) is 3.97. The van der Waals surface area contributed by atoms with Crippen LogP contribution in [-0.2, 0) is 17.9 Å². The van der Waals surface area contributed by atoms with Gasteiger partial charge in [-0.25, -0.2) is 9.37 Å². The zero-order valence-corrected chi connectivity index (χ0v) is 18.9. The zero-order valence-electron chi connectivity index (χ0n) is 18.1. The minimum absolute atomic E-state index is 0.155. The molecule has 0 unspecified atom stereocenters. The van der Waals surface area contributed by atoms with E-state index in [1.165, 1.54) is 35.6 Å². The van der Waals surface area contributed by atoms with Crippen LogP contribution in [0.3, 0.4) is 0 Å². The number of rotatable bonds is 10. The summed E-state index contributed by atoms with van der Waals surface area (Å²) in [7, 11) is 1.63. The summed E-state index contributed by atoms with van der Waals surface area (Å²) in [4.78, 5) is 19.3. The number of aryl methyl sites for hydroxylation is 2. The Hall–Kier alpha value is -2.77. The van der Waals surface area contributed by atoms with E-state index in [-0.39, 0.29) is 11.7 Å². The second-order valence-electron chi connectivity index (χ2n) is 7.42. The van der Waals surface area contributed by atoms with Crippen LogP contribution in [0.5, 0.6) is 5.75 Å². The minimum atomic E-state index is -0.365. The quantitative estimate of drug-likeness (QED) is 0.407. The maximum absolute atomic E-state index is 13.2. The van der Waals surface area contributed by atoms with Gasteiger partial charge in [0.15, 0.2) is 0 Å². The Balaban J connectivity index is 1.65. The van der Waals surface area contributed by atoms with Gasteiger partial charge in [0, 0.05) is 31.2 Å². The van der Waals surface area contributed by atoms with Gasteiger partial charge in [-0.1, -0.05) is 6.07 Å². The third kappa shape index (κ3) is 6.87. The SMILES string of the molecule is COCCCN(Cc1csc(COc2cc(C)cc(C)c2)n1)C(=O)c1ccc(F)cc1. The van der Waals surface area contributed by atoms with Crippen LogP contribution in [0.25, 0.3) is 0 Å². The van der Waals surface area contributed by atoms with Crippen molar-refractivity contribution in [1.82, 2.24) is 9.88 Å². The smallest absolute Gasteiger partial charge is 0.254 e. The molecule has 0 saturated heterocycles. The number of hydrogen-bond acceptors (Lipinski definition) is 5. The van der Waals surface area contributed by atoms with Crippen LogP contribution in [-0.4, -0.2) is 36.1 Å². The summed E-state index contributed by atoms with van der Waals surface area (Å²) in [6.45, 7) is 5.91. The van der Waals surface area contributed by atoms with Crippen molar-refractivity contribution < 1.29 is 18.7 Å². The van der Waals surface area contributed by atoms with Crippen LogP contribution >= 0.6 is 11.3 Å². The molecule has 0 N–H and O–H groups in total. The highest BCUT2D eigenvalue weighted by atomic mass is 32.1. The van der Waals surface area contributed by atoms with Crippen LogP contribution < -0.4 is 4.74 Å². The monoisotopic (exact) mass is 442 g/mol. The van der Waals surface area contributed by atoms with Crippen molar-refractivity contribution in [3.8, 4) is 5.75 Å². The van der Waals surface area contributed by atoms with E-state index < -0.39 is 0 Å². The Morgan fingerprint density at radius 3 is 2.52 bits per heavy atom. The number of aromatic nitrogens is 1. The van der Waals surface area contributed by atoms with E-state index >= 15 is 0 Å². The van der Waals surface area contributed by atoms with Crippen molar-refractivity contribution in [1.29, 1.82) is 0 Å². The van der Waals surface area contributed by atoms with Crippen molar-refractivity contribution in [2.45, 2.75) is 33.4 Å². The molecule has 0 atom stereocenters. The summed E-state index contributed by atoms with van der Waals surface area (Å²) in [5, 5.41) is 2.79. The summed E-state index contributed by atoms with van der Waals surface area (Å²) in [6, 6.07) is 11.7.